The standard InChI is InChI=1S/C14H15N5O2S/c1-3-19(8-11-9(2)4-6-21-11)14(20)12-10(5-7-22-12)13-15-17-18-16-13/h4-7H,3,8H2,1-2H3,(H,15,16,17,18). The summed E-state index contributed by atoms with van der Waals surface area (Å²) in [6.45, 7) is 4.94. The maximum absolute atomic E-state index is 12.8. The summed E-state index contributed by atoms with van der Waals surface area (Å²) in [5.41, 5.74) is 1.73. The van der Waals surface area contributed by atoms with Crippen LogP contribution < -0.4 is 0 Å². The Hall–Kier alpha value is -2.48. The van der Waals surface area contributed by atoms with E-state index in [1.54, 1.807) is 11.2 Å². The molecular formula is C14H15N5O2S. The summed E-state index contributed by atoms with van der Waals surface area (Å²) < 4.78 is 5.44. The molecule has 114 valence electrons. The van der Waals surface area contributed by atoms with Gasteiger partial charge in [0.05, 0.1) is 12.8 Å². The minimum absolute atomic E-state index is 0.0619. The Labute approximate surface area is 130 Å². The van der Waals surface area contributed by atoms with Gasteiger partial charge >= 0.3 is 0 Å². The number of hydrogen-bond acceptors (Lipinski definition) is 6. The van der Waals surface area contributed by atoms with Crippen molar-refractivity contribution in [2.75, 3.05) is 6.54 Å². The molecule has 0 atom stereocenters. The molecule has 0 saturated carbocycles. The van der Waals surface area contributed by atoms with Gasteiger partial charge in [0.15, 0.2) is 0 Å². The van der Waals surface area contributed by atoms with Gasteiger partial charge in [-0.25, -0.2) is 0 Å². The number of carbonyl (C=O) groups is 1. The Balaban J connectivity index is 1.86. The zero-order valence-electron chi connectivity index (χ0n) is 12.2. The Bertz CT molecular complexity index is 762. The average Bonchev–Trinajstić information content (AvgIpc) is 3.25. The van der Waals surface area contributed by atoms with Crippen LogP contribution in [0.5, 0.6) is 0 Å². The van der Waals surface area contributed by atoms with Crippen molar-refractivity contribution in [3.63, 3.8) is 0 Å². The summed E-state index contributed by atoms with van der Waals surface area (Å²) in [5, 5.41) is 15.7. The largest absolute Gasteiger partial charge is 0.467 e. The molecule has 3 aromatic heterocycles. The van der Waals surface area contributed by atoms with Crippen LogP contribution in [0.1, 0.15) is 27.9 Å². The van der Waals surface area contributed by atoms with Crippen molar-refractivity contribution >= 4 is 17.2 Å². The molecule has 1 amide bonds. The Kier molecular flexibility index (Phi) is 4.01. The number of nitrogens with one attached hydrogen (secondary N) is 1. The Morgan fingerprint density at radius 1 is 1.45 bits per heavy atom. The second-order valence-electron chi connectivity index (χ2n) is 4.74. The van der Waals surface area contributed by atoms with Gasteiger partial charge in [-0.3, -0.25) is 4.79 Å². The number of nitrogens with zero attached hydrogens (tertiary/aromatic N) is 4. The molecule has 3 heterocycles. The van der Waals surface area contributed by atoms with Crippen molar-refractivity contribution in [2.45, 2.75) is 20.4 Å². The molecule has 0 saturated heterocycles. The van der Waals surface area contributed by atoms with Gasteiger partial charge in [-0.05, 0) is 42.1 Å². The van der Waals surface area contributed by atoms with Gasteiger partial charge in [0.2, 0.25) is 5.82 Å². The third kappa shape index (κ3) is 2.64. The zero-order chi connectivity index (χ0) is 15.5. The lowest BCUT2D eigenvalue weighted by Crippen LogP contribution is -2.30. The molecule has 3 rings (SSSR count). The lowest BCUT2D eigenvalue weighted by Gasteiger charge is -2.19. The highest BCUT2D eigenvalue weighted by Crippen LogP contribution is 2.27. The molecule has 8 heteroatoms. The smallest absolute Gasteiger partial charge is 0.265 e. The summed E-state index contributed by atoms with van der Waals surface area (Å²) in [5.74, 6) is 1.16. The fourth-order valence-corrected chi connectivity index (χ4v) is 2.99. The first-order valence-electron chi connectivity index (χ1n) is 6.84. The van der Waals surface area contributed by atoms with Crippen molar-refractivity contribution in [3.8, 4) is 11.4 Å². The first kappa shape index (κ1) is 14.5. The number of amides is 1. The second kappa shape index (κ2) is 6.10. The predicted molar refractivity (Wildman–Crippen MR) is 81.4 cm³/mol. The summed E-state index contributed by atoms with van der Waals surface area (Å²) in [4.78, 5) is 15.1. The predicted octanol–water partition coefficient (Wildman–Crippen LogP) is 2.49. The van der Waals surface area contributed by atoms with Crippen molar-refractivity contribution in [2.24, 2.45) is 0 Å². The van der Waals surface area contributed by atoms with Crippen LogP contribution in [0.4, 0.5) is 0 Å². The molecule has 22 heavy (non-hydrogen) atoms. The van der Waals surface area contributed by atoms with Gasteiger partial charge < -0.3 is 9.32 Å². The first-order chi connectivity index (χ1) is 10.7. The lowest BCUT2D eigenvalue weighted by atomic mass is 10.2. The second-order valence-corrected chi connectivity index (χ2v) is 5.66. The summed E-state index contributed by atoms with van der Waals surface area (Å²) >= 11 is 1.37. The van der Waals surface area contributed by atoms with E-state index >= 15 is 0 Å². The van der Waals surface area contributed by atoms with Crippen LogP contribution in [0.2, 0.25) is 0 Å². The average molecular weight is 317 g/mol. The minimum atomic E-state index is -0.0619. The number of aryl methyl sites for hydroxylation is 1. The molecule has 3 aromatic rings. The van der Waals surface area contributed by atoms with Crippen LogP contribution in [0.3, 0.4) is 0 Å². The van der Waals surface area contributed by atoms with Crippen LogP contribution in [-0.4, -0.2) is 38.0 Å². The zero-order valence-corrected chi connectivity index (χ0v) is 13.1. The highest BCUT2D eigenvalue weighted by molar-refractivity contribution is 7.12. The van der Waals surface area contributed by atoms with Crippen LogP contribution >= 0.6 is 11.3 Å². The van der Waals surface area contributed by atoms with E-state index in [-0.39, 0.29) is 5.91 Å². The normalized spacial score (nSPS) is 10.8. The molecule has 7 nitrogen and oxygen atoms in total. The fourth-order valence-electron chi connectivity index (χ4n) is 2.14. The topological polar surface area (TPSA) is 87.9 Å². The number of rotatable bonds is 5. The Morgan fingerprint density at radius 3 is 2.95 bits per heavy atom. The number of aromatic nitrogens is 4. The number of carbonyl (C=O) groups excluding carboxylic acids is 1. The van der Waals surface area contributed by atoms with Gasteiger partial charge in [0, 0.05) is 12.1 Å². The number of thiophene rings is 1. The van der Waals surface area contributed by atoms with Crippen LogP contribution in [0, 0.1) is 6.92 Å². The molecule has 0 bridgehead atoms. The minimum Gasteiger partial charge on any atom is -0.467 e. The van der Waals surface area contributed by atoms with Crippen molar-refractivity contribution < 1.29 is 9.21 Å². The van der Waals surface area contributed by atoms with Gasteiger partial charge in [-0.2, -0.15) is 5.21 Å². The van der Waals surface area contributed by atoms with Crippen LogP contribution in [0.15, 0.2) is 28.2 Å². The first-order valence-corrected chi connectivity index (χ1v) is 7.72. The van der Waals surface area contributed by atoms with E-state index in [1.165, 1.54) is 11.3 Å². The van der Waals surface area contributed by atoms with Gasteiger partial charge in [0.25, 0.3) is 5.91 Å². The van der Waals surface area contributed by atoms with E-state index in [2.05, 4.69) is 20.6 Å². The summed E-state index contributed by atoms with van der Waals surface area (Å²) in [6.07, 6.45) is 1.64. The molecule has 0 aliphatic heterocycles. The molecule has 0 aliphatic carbocycles. The summed E-state index contributed by atoms with van der Waals surface area (Å²) in [6, 6.07) is 3.72. The Morgan fingerprint density at radius 2 is 2.32 bits per heavy atom. The van der Waals surface area contributed by atoms with E-state index < -0.39 is 0 Å². The molecule has 1 N–H and O–H groups in total. The highest BCUT2D eigenvalue weighted by atomic mass is 32.1. The van der Waals surface area contributed by atoms with Crippen molar-refractivity contribution in [1.29, 1.82) is 0 Å². The molecule has 0 spiro atoms. The highest BCUT2D eigenvalue weighted by Gasteiger charge is 2.23. The molecule has 0 radical (unpaired) electrons. The van der Waals surface area contributed by atoms with Crippen LogP contribution in [-0.2, 0) is 6.54 Å². The number of aromatic amines is 1. The number of tetrazole rings is 1. The third-order valence-corrected chi connectivity index (χ3v) is 4.32. The van der Waals surface area contributed by atoms with E-state index in [0.29, 0.717) is 29.4 Å². The van der Waals surface area contributed by atoms with Crippen LogP contribution in [0.25, 0.3) is 11.4 Å². The van der Waals surface area contributed by atoms with E-state index in [0.717, 1.165) is 11.3 Å². The quantitative estimate of drug-likeness (QED) is 0.781. The van der Waals surface area contributed by atoms with Gasteiger partial charge in [0.1, 0.15) is 10.6 Å². The van der Waals surface area contributed by atoms with E-state index in [1.807, 2.05) is 31.4 Å². The number of hydrogen-bond donors (Lipinski definition) is 1. The third-order valence-electron chi connectivity index (χ3n) is 3.42. The SMILES string of the molecule is CCN(Cc1occc1C)C(=O)c1sccc1-c1nn[nH]n1. The number of H-pyrrole nitrogens is 1. The monoisotopic (exact) mass is 317 g/mol. The van der Waals surface area contributed by atoms with E-state index in [4.69, 9.17) is 4.42 Å². The molecule has 0 unspecified atom stereocenters. The lowest BCUT2D eigenvalue weighted by molar-refractivity contribution is 0.0746. The molecule has 0 aromatic carbocycles. The van der Waals surface area contributed by atoms with Crippen molar-refractivity contribution in [3.05, 3.63) is 40.0 Å². The van der Waals surface area contributed by atoms with E-state index in [9.17, 15) is 4.79 Å². The number of furan rings is 1. The fraction of sp³-hybridized carbons (Fsp3) is 0.286. The molecule has 0 aliphatic rings. The molecular weight excluding hydrogens is 302 g/mol. The maximum Gasteiger partial charge on any atom is 0.265 e. The molecule has 0 fully saturated rings. The summed E-state index contributed by atoms with van der Waals surface area (Å²) in [7, 11) is 0. The van der Waals surface area contributed by atoms with Gasteiger partial charge in [-0.15, -0.1) is 21.5 Å². The van der Waals surface area contributed by atoms with Gasteiger partial charge in [-0.1, -0.05) is 0 Å². The van der Waals surface area contributed by atoms with Crippen molar-refractivity contribution in [1.82, 2.24) is 25.5 Å². The maximum atomic E-state index is 12.8.